The zero-order valence-corrected chi connectivity index (χ0v) is 14.5. The van der Waals surface area contributed by atoms with Crippen LogP contribution in [-0.4, -0.2) is 47.7 Å². The van der Waals surface area contributed by atoms with E-state index in [-0.39, 0.29) is 11.5 Å². The van der Waals surface area contributed by atoms with Crippen LogP contribution in [0.2, 0.25) is 0 Å². The summed E-state index contributed by atoms with van der Waals surface area (Å²) >= 11 is 0. The number of rotatable bonds is 7. The number of aliphatic hydroxyl groups excluding tert-OH is 1. The predicted molar refractivity (Wildman–Crippen MR) is 99.3 cm³/mol. The molecule has 0 amide bonds. The Hall–Kier alpha value is -2.40. The van der Waals surface area contributed by atoms with Crippen molar-refractivity contribution in [2.45, 2.75) is 20.8 Å². The fraction of sp³-hybridized carbons (Fsp3) is 0.368. The number of aliphatic hydroxyl groups is 1. The second-order valence-corrected chi connectivity index (χ2v) is 5.67. The van der Waals surface area contributed by atoms with Crippen LogP contribution in [0.5, 0.6) is 0 Å². The fourth-order valence-corrected chi connectivity index (χ4v) is 2.45. The van der Waals surface area contributed by atoms with E-state index in [4.69, 9.17) is 0 Å². The maximum absolute atomic E-state index is 11.5. The summed E-state index contributed by atoms with van der Waals surface area (Å²) in [6, 6.07) is 7.71. The van der Waals surface area contributed by atoms with Gasteiger partial charge in [0.1, 0.15) is 11.5 Å². The molecule has 1 aromatic rings. The number of hydrogen-bond acceptors (Lipinski definition) is 5. The van der Waals surface area contributed by atoms with Gasteiger partial charge >= 0.3 is 0 Å². The van der Waals surface area contributed by atoms with Crippen molar-refractivity contribution in [3.05, 3.63) is 47.7 Å². The van der Waals surface area contributed by atoms with Crippen molar-refractivity contribution in [2.24, 2.45) is 4.99 Å². The number of carbonyl (C=O) groups excluding carboxylic acids is 1. The van der Waals surface area contributed by atoms with Crippen LogP contribution in [0.3, 0.4) is 0 Å². The molecule has 0 fully saturated rings. The van der Waals surface area contributed by atoms with Gasteiger partial charge in [-0.1, -0.05) is 13.8 Å². The number of benzene rings is 1. The smallest absolute Gasteiger partial charge is 0.185 e. The molecular weight excluding hydrogens is 302 g/mol. The maximum atomic E-state index is 11.5. The van der Waals surface area contributed by atoms with E-state index in [9.17, 15) is 9.90 Å². The number of carbonyl (C=O) groups is 1. The molecule has 2 N–H and O–H groups in total. The second-order valence-electron chi connectivity index (χ2n) is 5.67. The molecule has 0 heterocycles. The largest absolute Gasteiger partial charge is 0.505 e. The Bertz CT molecular complexity index is 668. The van der Waals surface area contributed by atoms with E-state index in [1.54, 1.807) is 13.0 Å². The summed E-state index contributed by atoms with van der Waals surface area (Å²) in [5.41, 5.74) is 2.51. The van der Waals surface area contributed by atoms with Crippen molar-refractivity contribution < 1.29 is 9.90 Å². The summed E-state index contributed by atoms with van der Waals surface area (Å²) in [4.78, 5) is 18.2. The highest BCUT2D eigenvalue weighted by molar-refractivity contribution is 6.21. The lowest BCUT2D eigenvalue weighted by molar-refractivity contribution is -0.111. The molecule has 1 aliphatic carbocycles. The van der Waals surface area contributed by atoms with Gasteiger partial charge in [0.2, 0.25) is 0 Å². The van der Waals surface area contributed by atoms with Gasteiger partial charge in [-0.3, -0.25) is 4.79 Å². The van der Waals surface area contributed by atoms with Crippen molar-refractivity contribution in [2.75, 3.05) is 31.5 Å². The molecule has 0 bridgehead atoms. The van der Waals surface area contributed by atoms with Crippen molar-refractivity contribution in [3.8, 4) is 0 Å². The normalized spacial score (nSPS) is 16.3. The highest BCUT2D eigenvalue weighted by Gasteiger charge is 2.16. The number of nitrogens with one attached hydrogen (secondary N) is 1. The Balaban J connectivity index is 1.99. The van der Waals surface area contributed by atoms with Gasteiger partial charge in [0.15, 0.2) is 5.78 Å². The number of aliphatic imine (C=N–C) groups is 1. The maximum Gasteiger partial charge on any atom is 0.185 e. The van der Waals surface area contributed by atoms with Gasteiger partial charge in [0.25, 0.3) is 0 Å². The summed E-state index contributed by atoms with van der Waals surface area (Å²) in [7, 11) is 0. The average molecular weight is 327 g/mol. The molecule has 128 valence electrons. The van der Waals surface area contributed by atoms with Gasteiger partial charge in [-0.15, -0.1) is 0 Å². The van der Waals surface area contributed by atoms with E-state index >= 15 is 0 Å². The van der Waals surface area contributed by atoms with Gasteiger partial charge in [-0.2, -0.15) is 0 Å². The summed E-state index contributed by atoms with van der Waals surface area (Å²) in [6.07, 6.45) is 2.97. The number of anilines is 1. The topological polar surface area (TPSA) is 64.9 Å². The molecule has 0 aromatic heterocycles. The highest BCUT2D eigenvalue weighted by Crippen LogP contribution is 2.20. The first kappa shape index (κ1) is 17.9. The van der Waals surface area contributed by atoms with Crippen molar-refractivity contribution >= 4 is 22.9 Å². The monoisotopic (exact) mass is 327 g/mol. The first-order valence-corrected chi connectivity index (χ1v) is 8.32. The standard InChI is InChI=1S/C19H25N3O2/c1-4-22(5-2)13-12-20-15-6-8-16(9-7-15)21-17-10-11-18(23)14(3)19(17)24/h6-11,20,24H,4-5,12-13H2,1-3H3. The Morgan fingerprint density at radius 3 is 2.42 bits per heavy atom. The summed E-state index contributed by atoms with van der Waals surface area (Å²) in [5.74, 6) is -0.233. The van der Waals surface area contributed by atoms with Crippen LogP contribution in [0.1, 0.15) is 20.8 Å². The lowest BCUT2D eigenvalue weighted by Gasteiger charge is -2.18. The van der Waals surface area contributed by atoms with Gasteiger partial charge in [-0.25, -0.2) is 4.99 Å². The molecule has 5 heteroatoms. The second kappa shape index (κ2) is 8.45. The van der Waals surface area contributed by atoms with Crippen LogP contribution in [0.15, 0.2) is 52.7 Å². The van der Waals surface area contributed by atoms with Crippen molar-refractivity contribution in [3.63, 3.8) is 0 Å². The minimum Gasteiger partial charge on any atom is -0.505 e. The molecule has 0 atom stereocenters. The quantitative estimate of drug-likeness (QED) is 0.753. The van der Waals surface area contributed by atoms with E-state index < -0.39 is 0 Å². The van der Waals surface area contributed by atoms with Gasteiger partial charge < -0.3 is 15.3 Å². The number of allylic oxidation sites excluding steroid dienone is 3. The lowest BCUT2D eigenvalue weighted by Crippen LogP contribution is -2.28. The third-order valence-corrected chi connectivity index (χ3v) is 4.13. The lowest BCUT2D eigenvalue weighted by atomic mass is 10.0. The fourth-order valence-electron chi connectivity index (χ4n) is 2.45. The van der Waals surface area contributed by atoms with Crippen molar-refractivity contribution in [1.29, 1.82) is 0 Å². The molecule has 0 saturated carbocycles. The van der Waals surface area contributed by atoms with E-state index in [2.05, 4.69) is 29.1 Å². The molecule has 1 aromatic carbocycles. The first-order valence-electron chi connectivity index (χ1n) is 8.32. The molecule has 24 heavy (non-hydrogen) atoms. The Morgan fingerprint density at radius 1 is 1.12 bits per heavy atom. The Labute approximate surface area is 143 Å². The minimum atomic E-state index is -0.181. The number of hydrogen-bond donors (Lipinski definition) is 2. The van der Waals surface area contributed by atoms with Crippen LogP contribution in [0, 0.1) is 0 Å². The molecule has 0 radical (unpaired) electrons. The first-order chi connectivity index (χ1) is 11.5. The van der Waals surface area contributed by atoms with Crippen LogP contribution < -0.4 is 5.32 Å². The SMILES string of the molecule is CCN(CC)CCNc1ccc(N=C2C=CC(=O)C(C)=C2O)cc1. The average Bonchev–Trinajstić information content (AvgIpc) is 2.60. The Morgan fingerprint density at radius 2 is 1.79 bits per heavy atom. The predicted octanol–water partition coefficient (Wildman–Crippen LogP) is 3.48. The number of ketones is 1. The molecule has 0 spiro atoms. The summed E-state index contributed by atoms with van der Waals surface area (Å²) in [6.45, 7) is 9.94. The number of nitrogens with zero attached hydrogens (tertiary/aromatic N) is 2. The van der Waals surface area contributed by atoms with E-state index in [1.165, 1.54) is 6.08 Å². The van der Waals surface area contributed by atoms with Crippen LogP contribution in [0.4, 0.5) is 11.4 Å². The molecule has 2 rings (SSSR count). The van der Waals surface area contributed by atoms with Crippen LogP contribution >= 0.6 is 0 Å². The van der Waals surface area contributed by atoms with Crippen LogP contribution in [0.25, 0.3) is 0 Å². The highest BCUT2D eigenvalue weighted by atomic mass is 16.3. The van der Waals surface area contributed by atoms with E-state index in [1.807, 2.05) is 24.3 Å². The third kappa shape index (κ3) is 4.55. The van der Waals surface area contributed by atoms with Crippen molar-refractivity contribution in [1.82, 2.24) is 4.90 Å². The van der Waals surface area contributed by atoms with E-state index in [0.717, 1.165) is 37.6 Å². The summed E-state index contributed by atoms with van der Waals surface area (Å²) < 4.78 is 0. The molecule has 1 aliphatic rings. The Kier molecular flexibility index (Phi) is 6.32. The molecule has 5 nitrogen and oxygen atoms in total. The van der Waals surface area contributed by atoms with Crippen LogP contribution in [-0.2, 0) is 4.79 Å². The van der Waals surface area contributed by atoms with Gasteiger partial charge in [0, 0.05) is 24.4 Å². The van der Waals surface area contributed by atoms with Gasteiger partial charge in [-0.05, 0) is 56.4 Å². The van der Waals surface area contributed by atoms with E-state index in [0.29, 0.717) is 11.3 Å². The summed E-state index contributed by atoms with van der Waals surface area (Å²) in [5, 5.41) is 13.4. The van der Waals surface area contributed by atoms with Gasteiger partial charge in [0.05, 0.1) is 5.69 Å². The molecular formula is C19H25N3O2. The zero-order chi connectivity index (χ0) is 17.5. The molecule has 0 saturated heterocycles. The molecule has 0 aliphatic heterocycles. The molecule has 0 unspecified atom stereocenters. The third-order valence-electron chi connectivity index (χ3n) is 4.13. The number of likely N-dealkylation sites (N-methyl/N-ethyl adjacent to an activating group) is 1. The minimum absolute atomic E-state index is 0.0519. The zero-order valence-electron chi connectivity index (χ0n) is 14.5.